The van der Waals surface area contributed by atoms with E-state index in [-0.39, 0.29) is 17.3 Å². The highest BCUT2D eigenvalue weighted by atomic mass is 35.5. The minimum absolute atomic E-state index is 0.146. The maximum atomic E-state index is 13.8. The molecule has 7 nitrogen and oxygen atoms in total. The molecule has 0 saturated heterocycles. The van der Waals surface area contributed by atoms with E-state index in [1.165, 1.54) is 6.20 Å². The van der Waals surface area contributed by atoms with Gasteiger partial charge in [0.1, 0.15) is 5.75 Å². The van der Waals surface area contributed by atoms with E-state index in [2.05, 4.69) is 15.0 Å². The predicted molar refractivity (Wildman–Crippen MR) is 101 cm³/mol. The van der Waals surface area contributed by atoms with E-state index in [9.17, 15) is 9.18 Å². The zero-order chi connectivity index (χ0) is 20.1. The van der Waals surface area contributed by atoms with Gasteiger partial charge in [-0.15, -0.1) is 0 Å². The van der Waals surface area contributed by atoms with E-state index < -0.39 is 17.8 Å². The molecule has 1 atom stereocenters. The van der Waals surface area contributed by atoms with E-state index in [1.807, 2.05) is 0 Å². The first-order valence-electron chi connectivity index (χ1n) is 8.28. The number of pyridine rings is 1. The van der Waals surface area contributed by atoms with E-state index in [0.29, 0.717) is 23.6 Å². The third-order valence-corrected chi connectivity index (χ3v) is 3.94. The van der Waals surface area contributed by atoms with Gasteiger partial charge in [-0.1, -0.05) is 11.6 Å². The molecule has 2 aromatic heterocycles. The van der Waals surface area contributed by atoms with E-state index >= 15 is 0 Å². The van der Waals surface area contributed by atoms with Gasteiger partial charge in [0.2, 0.25) is 0 Å². The van der Waals surface area contributed by atoms with Gasteiger partial charge in [-0.25, -0.2) is 14.4 Å². The van der Waals surface area contributed by atoms with Crippen molar-refractivity contribution in [2.75, 3.05) is 0 Å². The molecule has 0 fully saturated rings. The topological polar surface area (TPSA) is 111 Å². The molecule has 2 heterocycles. The number of aliphatic carboxylic acids is 1. The summed E-state index contributed by atoms with van der Waals surface area (Å²) in [6, 6.07) is 7.36. The fourth-order valence-corrected chi connectivity index (χ4v) is 2.64. The number of rotatable bonds is 7. The van der Waals surface area contributed by atoms with Crippen LogP contribution in [0.5, 0.6) is 11.6 Å². The number of carboxylic acids is 1. The highest BCUT2D eigenvalue weighted by Crippen LogP contribution is 2.26. The van der Waals surface area contributed by atoms with Crippen LogP contribution in [0.4, 0.5) is 4.39 Å². The highest BCUT2D eigenvalue weighted by Gasteiger charge is 2.12. The number of halogens is 2. The molecular weight excluding hydrogens is 387 g/mol. The molecule has 144 valence electrons. The van der Waals surface area contributed by atoms with Crippen molar-refractivity contribution in [1.82, 2.24) is 15.0 Å². The first-order valence-corrected chi connectivity index (χ1v) is 8.66. The third-order valence-electron chi connectivity index (χ3n) is 3.73. The van der Waals surface area contributed by atoms with E-state index in [4.69, 9.17) is 27.2 Å². The summed E-state index contributed by atoms with van der Waals surface area (Å²) in [4.78, 5) is 23.1. The number of ether oxygens (including phenoxy) is 1. The van der Waals surface area contributed by atoms with Gasteiger partial charge in [0, 0.05) is 30.4 Å². The monoisotopic (exact) mass is 402 g/mol. The lowest BCUT2D eigenvalue weighted by Gasteiger charge is -2.10. The van der Waals surface area contributed by atoms with Crippen LogP contribution in [0.1, 0.15) is 12.1 Å². The number of hydrogen-bond donors (Lipinski definition) is 2. The van der Waals surface area contributed by atoms with Gasteiger partial charge in [0.25, 0.3) is 5.88 Å². The number of carboxylic acid groups (broad SMARTS) is 1. The van der Waals surface area contributed by atoms with Crippen LogP contribution < -0.4 is 10.5 Å². The number of nitrogens with two attached hydrogens (primary N) is 1. The predicted octanol–water partition coefficient (Wildman–Crippen LogP) is 3.47. The molecule has 0 saturated carbocycles. The molecule has 3 rings (SSSR count). The smallest absolute Gasteiger partial charge is 0.304 e. The lowest BCUT2D eigenvalue weighted by atomic mass is 10.1. The van der Waals surface area contributed by atoms with Crippen LogP contribution in [0.2, 0.25) is 5.02 Å². The maximum absolute atomic E-state index is 13.8. The Morgan fingerprint density at radius 2 is 2.00 bits per heavy atom. The van der Waals surface area contributed by atoms with Crippen LogP contribution in [-0.2, 0) is 11.2 Å². The van der Waals surface area contributed by atoms with Crippen LogP contribution in [0.3, 0.4) is 0 Å². The molecule has 1 aromatic carbocycles. The van der Waals surface area contributed by atoms with Gasteiger partial charge in [-0.2, -0.15) is 0 Å². The summed E-state index contributed by atoms with van der Waals surface area (Å²) < 4.78 is 19.2. The van der Waals surface area contributed by atoms with Crippen molar-refractivity contribution >= 4 is 17.6 Å². The van der Waals surface area contributed by atoms with Gasteiger partial charge in [-0.3, -0.25) is 9.78 Å². The van der Waals surface area contributed by atoms with E-state index in [1.54, 1.807) is 36.7 Å². The van der Waals surface area contributed by atoms with E-state index in [0.717, 1.165) is 11.6 Å². The molecular formula is C19H16ClFN4O3. The summed E-state index contributed by atoms with van der Waals surface area (Å²) in [5.41, 5.74) is 7.76. The minimum atomic E-state index is -0.959. The summed E-state index contributed by atoms with van der Waals surface area (Å²) >= 11 is 5.67. The summed E-state index contributed by atoms with van der Waals surface area (Å²) in [5, 5.41) is 8.98. The average molecular weight is 403 g/mol. The maximum Gasteiger partial charge on any atom is 0.304 e. The number of hydrogen-bond acceptors (Lipinski definition) is 6. The summed E-state index contributed by atoms with van der Waals surface area (Å²) in [6.45, 7) is 0. The van der Waals surface area contributed by atoms with Crippen LogP contribution in [-0.4, -0.2) is 32.1 Å². The summed E-state index contributed by atoms with van der Waals surface area (Å²) in [5.74, 6) is -1.40. The van der Waals surface area contributed by atoms with Crippen molar-refractivity contribution in [1.29, 1.82) is 0 Å². The zero-order valence-electron chi connectivity index (χ0n) is 14.5. The number of nitrogens with zero attached hydrogens (tertiary/aromatic N) is 3. The second kappa shape index (κ2) is 8.73. The van der Waals surface area contributed by atoms with Gasteiger partial charge in [0.05, 0.1) is 29.0 Å². The van der Waals surface area contributed by atoms with Crippen molar-refractivity contribution in [3.63, 3.8) is 0 Å². The molecule has 0 radical (unpaired) electrons. The number of benzene rings is 1. The summed E-state index contributed by atoms with van der Waals surface area (Å²) in [6.07, 6.45) is 4.59. The molecule has 0 bridgehead atoms. The van der Waals surface area contributed by atoms with Crippen molar-refractivity contribution in [2.24, 2.45) is 5.73 Å². The first kappa shape index (κ1) is 19.7. The lowest BCUT2D eigenvalue weighted by Crippen LogP contribution is -2.26. The quantitative estimate of drug-likeness (QED) is 0.622. The Morgan fingerprint density at radius 1 is 1.25 bits per heavy atom. The lowest BCUT2D eigenvalue weighted by molar-refractivity contribution is -0.137. The fraction of sp³-hybridized carbons (Fsp3) is 0.158. The molecule has 9 heteroatoms. The molecule has 0 aliphatic rings. The Balaban J connectivity index is 1.72. The van der Waals surface area contributed by atoms with Gasteiger partial charge >= 0.3 is 5.97 Å². The molecule has 28 heavy (non-hydrogen) atoms. The zero-order valence-corrected chi connectivity index (χ0v) is 15.3. The second-order valence-electron chi connectivity index (χ2n) is 6.02. The molecule has 0 aliphatic heterocycles. The Labute approximate surface area is 165 Å². The highest BCUT2D eigenvalue weighted by molar-refractivity contribution is 6.30. The number of aromatic nitrogens is 3. The Morgan fingerprint density at radius 3 is 2.68 bits per heavy atom. The largest absolute Gasteiger partial charge is 0.481 e. The van der Waals surface area contributed by atoms with Gasteiger partial charge in [-0.05, 0) is 30.3 Å². The molecule has 0 spiro atoms. The number of carbonyl (C=O) groups is 1. The van der Waals surface area contributed by atoms with Crippen LogP contribution in [0.15, 0.2) is 48.9 Å². The molecule has 3 N–H and O–H groups in total. The van der Waals surface area contributed by atoms with Gasteiger partial charge in [0.15, 0.2) is 5.82 Å². The summed E-state index contributed by atoms with van der Waals surface area (Å²) in [7, 11) is 0. The Kier molecular flexibility index (Phi) is 6.13. The fourth-order valence-electron chi connectivity index (χ4n) is 2.49. The second-order valence-corrected chi connectivity index (χ2v) is 6.46. The molecule has 0 aliphatic carbocycles. The third kappa shape index (κ3) is 5.21. The minimum Gasteiger partial charge on any atom is -0.481 e. The first-order chi connectivity index (χ1) is 13.4. The molecule has 1 unspecified atom stereocenters. The molecule has 0 amide bonds. The van der Waals surface area contributed by atoms with Crippen molar-refractivity contribution in [3.05, 3.63) is 65.5 Å². The Bertz CT molecular complexity index is 985. The molecule has 3 aromatic rings. The van der Waals surface area contributed by atoms with Crippen LogP contribution >= 0.6 is 11.6 Å². The van der Waals surface area contributed by atoms with Gasteiger partial charge < -0.3 is 15.6 Å². The average Bonchev–Trinajstić information content (AvgIpc) is 2.64. The van der Waals surface area contributed by atoms with Crippen molar-refractivity contribution in [2.45, 2.75) is 18.9 Å². The SMILES string of the molecule is NC(CC(=O)O)Cc1cncc(-c2ccc(Oc3ncc(Cl)cc3F)cc2)n1. The van der Waals surface area contributed by atoms with Crippen LogP contribution in [0, 0.1) is 5.82 Å². The van der Waals surface area contributed by atoms with Crippen LogP contribution in [0.25, 0.3) is 11.3 Å². The normalized spacial score (nSPS) is 11.8. The van der Waals surface area contributed by atoms with Crippen molar-refractivity contribution < 1.29 is 19.0 Å². The Hall–Kier alpha value is -3.10. The standard InChI is InChI=1S/C19H16ClFN4O3/c20-12-5-16(21)19(24-8-12)28-15-3-1-11(2-4-15)17-10-23-9-14(25-17)6-13(22)7-18(26)27/h1-5,8-10,13H,6-7,22H2,(H,26,27). The van der Waals surface area contributed by atoms with Crippen molar-refractivity contribution in [3.8, 4) is 22.9 Å².